The Morgan fingerprint density at radius 1 is 1.38 bits per heavy atom. The summed E-state index contributed by atoms with van der Waals surface area (Å²) in [5.74, 6) is 0.784. The second-order valence-corrected chi connectivity index (χ2v) is 4.34. The zero-order valence-electron chi connectivity index (χ0n) is 8.40. The zero-order chi connectivity index (χ0) is 11.5. The van der Waals surface area contributed by atoms with Crippen LogP contribution >= 0.6 is 22.9 Å². The maximum Gasteiger partial charge on any atom is 0.158 e. The Hall–Kier alpha value is -1.57. The van der Waals surface area contributed by atoms with Crippen LogP contribution in [0.25, 0.3) is 10.6 Å². The molecule has 0 spiro atoms. The number of ether oxygens (including phenoxy) is 1. The quantitative estimate of drug-likeness (QED) is 0.821. The Morgan fingerprint density at radius 3 is 2.56 bits per heavy atom. The molecule has 0 atom stereocenters. The number of nitrogens with zero attached hydrogens (tertiary/aromatic N) is 2. The van der Waals surface area contributed by atoms with Crippen LogP contribution in [-0.2, 0) is 0 Å². The first-order chi connectivity index (χ1) is 7.74. The maximum atomic E-state index is 8.78. The molecule has 0 amide bonds. The van der Waals surface area contributed by atoms with E-state index in [2.05, 4.69) is 4.98 Å². The predicted molar refractivity (Wildman–Crippen MR) is 63.8 cm³/mol. The lowest BCUT2D eigenvalue weighted by molar-refractivity contribution is 0.415. The lowest BCUT2D eigenvalue weighted by Crippen LogP contribution is -1.82. The molecule has 1 heterocycles. The molecule has 0 aliphatic heterocycles. The van der Waals surface area contributed by atoms with Crippen molar-refractivity contribution in [2.75, 3.05) is 7.11 Å². The third-order valence-corrected chi connectivity index (χ3v) is 3.42. The van der Waals surface area contributed by atoms with Gasteiger partial charge < -0.3 is 4.74 Å². The lowest BCUT2D eigenvalue weighted by Gasteiger charge is -1.99. The summed E-state index contributed by atoms with van der Waals surface area (Å²) in [6.07, 6.45) is 0. The van der Waals surface area contributed by atoms with Gasteiger partial charge in [0.15, 0.2) is 5.15 Å². The van der Waals surface area contributed by atoms with Gasteiger partial charge in [0.1, 0.15) is 21.7 Å². The molecule has 0 bridgehead atoms. The van der Waals surface area contributed by atoms with Gasteiger partial charge in [-0.25, -0.2) is 4.98 Å². The normalized spacial score (nSPS) is 9.81. The monoisotopic (exact) mass is 250 g/mol. The Morgan fingerprint density at radius 2 is 2.06 bits per heavy atom. The van der Waals surface area contributed by atoms with Crippen molar-refractivity contribution in [3.63, 3.8) is 0 Å². The molecule has 0 unspecified atom stereocenters. The van der Waals surface area contributed by atoms with Crippen LogP contribution in [0.4, 0.5) is 0 Å². The van der Waals surface area contributed by atoms with Crippen molar-refractivity contribution in [3.8, 4) is 22.4 Å². The van der Waals surface area contributed by atoms with Gasteiger partial charge in [-0.1, -0.05) is 11.6 Å². The van der Waals surface area contributed by atoms with Gasteiger partial charge in [-0.2, -0.15) is 5.26 Å². The number of nitriles is 1. The molecule has 0 N–H and O–H groups in total. The maximum absolute atomic E-state index is 8.78. The fourth-order valence-electron chi connectivity index (χ4n) is 1.23. The van der Waals surface area contributed by atoms with Crippen LogP contribution in [0, 0.1) is 11.3 Å². The van der Waals surface area contributed by atoms with Crippen LogP contribution in [0.3, 0.4) is 0 Å². The van der Waals surface area contributed by atoms with Crippen LogP contribution in [0.15, 0.2) is 24.3 Å². The molecule has 1 aromatic carbocycles. The topological polar surface area (TPSA) is 45.9 Å². The third-order valence-electron chi connectivity index (χ3n) is 2.02. The average molecular weight is 251 g/mol. The molecule has 2 rings (SSSR count). The molecule has 0 aliphatic carbocycles. The Kier molecular flexibility index (Phi) is 3.09. The van der Waals surface area contributed by atoms with E-state index in [1.165, 1.54) is 11.3 Å². The number of hydrogen-bond donors (Lipinski definition) is 0. The number of benzene rings is 1. The Labute approximate surface area is 102 Å². The van der Waals surface area contributed by atoms with Gasteiger partial charge in [-0.05, 0) is 24.3 Å². The van der Waals surface area contributed by atoms with Crippen LogP contribution in [0.1, 0.15) is 4.88 Å². The molecule has 3 nitrogen and oxygen atoms in total. The average Bonchev–Trinajstić information content (AvgIpc) is 2.71. The van der Waals surface area contributed by atoms with Crippen LogP contribution in [0.2, 0.25) is 5.15 Å². The van der Waals surface area contributed by atoms with E-state index in [9.17, 15) is 0 Å². The summed E-state index contributed by atoms with van der Waals surface area (Å²) in [4.78, 5) is 4.57. The highest BCUT2D eigenvalue weighted by atomic mass is 35.5. The number of rotatable bonds is 2. The SMILES string of the molecule is COc1ccc(-c2nc(Cl)c(C#N)s2)cc1. The van der Waals surface area contributed by atoms with Crippen molar-refractivity contribution < 1.29 is 4.74 Å². The van der Waals surface area contributed by atoms with Crippen molar-refractivity contribution >= 4 is 22.9 Å². The summed E-state index contributed by atoms with van der Waals surface area (Å²) < 4.78 is 5.06. The molecular formula is C11H7ClN2OS. The van der Waals surface area contributed by atoms with E-state index < -0.39 is 0 Å². The molecule has 0 fully saturated rings. The number of hydrogen-bond acceptors (Lipinski definition) is 4. The van der Waals surface area contributed by atoms with Gasteiger partial charge in [0, 0.05) is 5.56 Å². The van der Waals surface area contributed by atoms with Crippen molar-refractivity contribution in [2.24, 2.45) is 0 Å². The van der Waals surface area contributed by atoms with Crippen LogP contribution in [0.5, 0.6) is 5.75 Å². The highest BCUT2D eigenvalue weighted by Gasteiger charge is 2.10. The van der Waals surface area contributed by atoms with E-state index in [0.29, 0.717) is 4.88 Å². The highest BCUT2D eigenvalue weighted by molar-refractivity contribution is 7.16. The highest BCUT2D eigenvalue weighted by Crippen LogP contribution is 2.30. The van der Waals surface area contributed by atoms with Crippen LogP contribution < -0.4 is 4.74 Å². The molecule has 2 aromatic rings. The summed E-state index contributed by atoms with van der Waals surface area (Å²) in [5, 5.41) is 9.78. The minimum absolute atomic E-state index is 0.262. The van der Waals surface area contributed by atoms with E-state index in [1.54, 1.807) is 7.11 Å². The molecule has 0 radical (unpaired) electrons. The molecule has 80 valence electrons. The number of methoxy groups -OCH3 is 1. The zero-order valence-corrected chi connectivity index (χ0v) is 9.97. The molecule has 0 aliphatic rings. The third kappa shape index (κ3) is 2.01. The van der Waals surface area contributed by atoms with E-state index in [4.69, 9.17) is 21.6 Å². The summed E-state index contributed by atoms with van der Waals surface area (Å²) in [6, 6.07) is 9.46. The van der Waals surface area contributed by atoms with E-state index in [-0.39, 0.29) is 5.15 Å². The van der Waals surface area contributed by atoms with Crippen molar-refractivity contribution in [2.45, 2.75) is 0 Å². The van der Waals surface area contributed by atoms with Crippen LogP contribution in [-0.4, -0.2) is 12.1 Å². The van der Waals surface area contributed by atoms with Crippen molar-refractivity contribution in [1.82, 2.24) is 4.98 Å². The van der Waals surface area contributed by atoms with E-state index in [0.717, 1.165) is 16.3 Å². The Bertz CT molecular complexity index is 542. The molecule has 16 heavy (non-hydrogen) atoms. The number of aromatic nitrogens is 1. The molecule has 1 aromatic heterocycles. The summed E-state index contributed by atoms with van der Waals surface area (Å²) in [5.41, 5.74) is 0.925. The molecule has 0 saturated carbocycles. The molecule has 5 heteroatoms. The number of halogens is 1. The fraction of sp³-hybridized carbons (Fsp3) is 0.0909. The lowest BCUT2D eigenvalue weighted by atomic mass is 10.2. The minimum atomic E-state index is 0.262. The van der Waals surface area contributed by atoms with Gasteiger partial charge >= 0.3 is 0 Å². The standard InChI is InChI=1S/C11H7ClN2OS/c1-15-8-4-2-7(3-5-8)11-14-10(12)9(6-13)16-11/h2-5H,1H3. The van der Waals surface area contributed by atoms with Crippen molar-refractivity contribution in [1.29, 1.82) is 5.26 Å². The molecular weight excluding hydrogens is 244 g/mol. The van der Waals surface area contributed by atoms with Gasteiger partial charge in [0.25, 0.3) is 0 Å². The molecule has 0 saturated heterocycles. The first-order valence-electron chi connectivity index (χ1n) is 4.45. The van der Waals surface area contributed by atoms with E-state index in [1.807, 2.05) is 30.3 Å². The predicted octanol–water partition coefficient (Wildman–Crippen LogP) is 3.34. The van der Waals surface area contributed by atoms with Gasteiger partial charge in [0.05, 0.1) is 7.11 Å². The summed E-state index contributed by atoms with van der Waals surface area (Å²) in [7, 11) is 1.61. The van der Waals surface area contributed by atoms with Gasteiger partial charge in [0.2, 0.25) is 0 Å². The van der Waals surface area contributed by atoms with Gasteiger partial charge in [-0.3, -0.25) is 0 Å². The Balaban J connectivity index is 2.39. The second kappa shape index (κ2) is 4.52. The van der Waals surface area contributed by atoms with Crippen molar-refractivity contribution in [3.05, 3.63) is 34.3 Å². The second-order valence-electron chi connectivity index (χ2n) is 2.98. The largest absolute Gasteiger partial charge is 0.497 e. The minimum Gasteiger partial charge on any atom is -0.497 e. The van der Waals surface area contributed by atoms with E-state index >= 15 is 0 Å². The number of thiazole rings is 1. The first kappa shape index (κ1) is 10.9. The summed E-state index contributed by atoms with van der Waals surface area (Å²) in [6.45, 7) is 0. The van der Waals surface area contributed by atoms with Gasteiger partial charge in [-0.15, -0.1) is 11.3 Å². The smallest absolute Gasteiger partial charge is 0.158 e. The first-order valence-corrected chi connectivity index (χ1v) is 5.65. The summed E-state index contributed by atoms with van der Waals surface area (Å²) >= 11 is 7.09. The fourth-order valence-corrected chi connectivity index (χ4v) is 2.28.